The first kappa shape index (κ1) is 25.9. The van der Waals surface area contributed by atoms with Crippen LogP contribution in [-0.2, 0) is 4.79 Å². The van der Waals surface area contributed by atoms with Gasteiger partial charge in [0.2, 0.25) is 0 Å². The van der Waals surface area contributed by atoms with Crippen molar-refractivity contribution in [2.45, 2.75) is 44.0 Å². The minimum Gasteiger partial charge on any atom is -0.366 e. The number of ketones is 1. The second kappa shape index (κ2) is 10.3. The van der Waals surface area contributed by atoms with Crippen LogP contribution in [0.15, 0.2) is 48.5 Å². The fourth-order valence-electron chi connectivity index (χ4n) is 4.61. The van der Waals surface area contributed by atoms with E-state index in [2.05, 4.69) is 0 Å². The molecule has 0 aromatic heterocycles. The van der Waals surface area contributed by atoms with Gasteiger partial charge in [-0.05, 0) is 48.2 Å². The Kier molecular flexibility index (Phi) is 7.83. The van der Waals surface area contributed by atoms with Crippen LogP contribution in [0, 0.1) is 5.92 Å². The Morgan fingerprint density at radius 3 is 1.53 bits per heavy atom. The molecule has 3 rings (SSSR count). The Bertz CT molecular complexity index is 888. The van der Waals surface area contributed by atoms with E-state index in [9.17, 15) is 31.1 Å². The average Bonchev–Trinajstić information content (AvgIpc) is 2.74. The molecule has 0 aliphatic heterocycles. The van der Waals surface area contributed by atoms with Gasteiger partial charge in [0.15, 0.2) is 0 Å². The SMILES string of the molecule is CN(CC(F)(F)F)c1ccc(C(c2ccc(N(C)CC(F)(F)F)cc2)C2CCCCC2=O)cc1. The third-order valence-corrected chi connectivity index (χ3v) is 6.22. The Balaban J connectivity index is 1.90. The van der Waals surface area contributed by atoms with E-state index in [1.54, 1.807) is 48.5 Å². The molecule has 0 spiro atoms. The van der Waals surface area contributed by atoms with E-state index in [1.807, 2.05) is 0 Å². The normalized spacial score (nSPS) is 17.2. The lowest BCUT2D eigenvalue weighted by atomic mass is 9.73. The van der Waals surface area contributed by atoms with Gasteiger partial charge in [0.25, 0.3) is 0 Å². The summed E-state index contributed by atoms with van der Waals surface area (Å²) in [6.45, 7) is -2.16. The minimum absolute atomic E-state index is 0.132. The molecule has 0 N–H and O–H groups in total. The second-order valence-corrected chi connectivity index (χ2v) is 8.92. The van der Waals surface area contributed by atoms with Gasteiger partial charge in [0.05, 0.1) is 0 Å². The van der Waals surface area contributed by atoms with E-state index in [1.165, 1.54) is 14.1 Å². The van der Waals surface area contributed by atoms with Crippen LogP contribution in [0.1, 0.15) is 42.7 Å². The maximum atomic E-state index is 12.8. The zero-order valence-electron chi connectivity index (χ0n) is 19.1. The summed E-state index contributed by atoms with van der Waals surface area (Å²) in [7, 11) is 2.72. The zero-order valence-corrected chi connectivity index (χ0v) is 19.1. The standard InChI is InChI=1S/C25H28F6N2O/c1-32(15-24(26,27)28)19-11-7-17(8-12-19)23(21-5-3-4-6-22(21)34)18-9-13-20(14-10-18)33(2)16-25(29,30)31/h7-14,21,23H,3-6,15-16H2,1-2H3. The van der Waals surface area contributed by atoms with Crippen molar-refractivity contribution in [1.29, 1.82) is 0 Å². The third kappa shape index (κ3) is 6.90. The molecule has 186 valence electrons. The predicted molar refractivity (Wildman–Crippen MR) is 120 cm³/mol. The number of hydrogen-bond acceptors (Lipinski definition) is 3. The van der Waals surface area contributed by atoms with Crippen LogP contribution >= 0.6 is 0 Å². The first-order valence-electron chi connectivity index (χ1n) is 11.1. The van der Waals surface area contributed by atoms with Crippen molar-refractivity contribution in [3.63, 3.8) is 0 Å². The minimum atomic E-state index is -4.33. The van der Waals surface area contributed by atoms with Gasteiger partial charge >= 0.3 is 12.4 Å². The number of anilines is 2. The quantitative estimate of drug-likeness (QED) is 0.414. The lowest BCUT2D eigenvalue weighted by molar-refractivity contribution is -0.125. The molecule has 1 atom stereocenters. The van der Waals surface area contributed by atoms with Crippen LogP contribution in [0.25, 0.3) is 0 Å². The molecule has 1 unspecified atom stereocenters. The molecule has 1 aliphatic rings. The molecular formula is C25H28F6N2O. The highest BCUT2D eigenvalue weighted by Crippen LogP contribution is 2.40. The maximum absolute atomic E-state index is 12.8. The van der Waals surface area contributed by atoms with Crippen molar-refractivity contribution in [3.8, 4) is 0 Å². The van der Waals surface area contributed by atoms with Gasteiger partial charge in [-0.1, -0.05) is 30.7 Å². The topological polar surface area (TPSA) is 23.6 Å². The molecular weight excluding hydrogens is 458 g/mol. The molecule has 34 heavy (non-hydrogen) atoms. The Hall–Kier alpha value is -2.71. The number of hydrogen-bond donors (Lipinski definition) is 0. The molecule has 1 aliphatic carbocycles. The number of alkyl halides is 6. The molecule has 0 saturated heterocycles. The first-order chi connectivity index (χ1) is 15.8. The number of Topliss-reactive ketones (excluding diaryl/α,β-unsaturated/α-hetero) is 1. The van der Waals surface area contributed by atoms with Crippen LogP contribution in [0.4, 0.5) is 37.7 Å². The van der Waals surface area contributed by atoms with Crippen molar-refractivity contribution in [2.75, 3.05) is 37.0 Å². The summed E-state index contributed by atoms with van der Waals surface area (Å²) in [5, 5.41) is 0. The van der Waals surface area contributed by atoms with Gasteiger partial charge in [-0.15, -0.1) is 0 Å². The van der Waals surface area contributed by atoms with Crippen molar-refractivity contribution < 1.29 is 31.1 Å². The van der Waals surface area contributed by atoms with Crippen LogP contribution in [0.3, 0.4) is 0 Å². The Morgan fingerprint density at radius 1 is 0.765 bits per heavy atom. The fourth-order valence-corrected chi connectivity index (χ4v) is 4.61. The van der Waals surface area contributed by atoms with Crippen molar-refractivity contribution >= 4 is 17.2 Å². The molecule has 1 saturated carbocycles. The molecule has 1 fully saturated rings. The Morgan fingerprint density at radius 2 is 1.18 bits per heavy atom. The van der Waals surface area contributed by atoms with Crippen molar-refractivity contribution in [1.82, 2.24) is 0 Å². The van der Waals surface area contributed by atoms with Gasteiger partial charge in [-0.2, -0.15) is 26.3 Å². The van der Waals surface area contributed by atoms with E-state index < -0.39 is 25.4 Å². The number of halogens is 6. The summed E-state index contributed by atoms with van der Waals surface area (Å²) in [5.74, 6) is -0.476. The molecule has 9 heteroatoms. The van der Waals surface area contributed by atoms with Gasteiger partial charge in [-0.25, -0.2) is 0 Å². The summed E-state index contributed by atoms with van der Waals surface area (Å²) in [6, 6.07) is 13.4. The molecule has 0 heterocycles. The molecule has 0 bridgehead atoms. The van der Waals surface area contributed by atoms with Gasteiger partial charge in [0, 0.05) is 43.7 Å². The van der Waals surface area contributed by atoms with E-state index in [0.29, 0.717) is 24.2 Å². The van der Waals surface area contributed by atoms with E-state index in [0.717, 1.165) is 33.8 Å². The highest BCUT2D eigenvalue weighted by atomic mass is 19.4. The van der Waals surface area contributed by atoms with E-state index in [4.69, 9.17) is 0 Å². The smallest absolute Gasteiger partial charge is 0.366 e. The van der Waals surface area contributed by atoms with Crippen LogP contribution in [-0.4, -0.2) is 45.3 Å². The summed E-state index contributed by atoms with van der Waals surface area (Å²) >= 11 is 0. The molecule has 2 aromatic rings. The van der Waals surface area contributed by atoms with E-state index >= 15 is 0 Å². The summed E-state index contributed by atoms with van der Waals surface area (Å²) in [4.78, 5) is 15.0. The van der Waals surface area contributed by atoms with Gasteiger partial charge in [0.1, 0.15) is 18.9 Å². The summed E-state index contributed by atoms with van der Waals surface area (Å²) < 4.78 is 76.5. The number of carbonyl (C=O) groups excluding carboxylic acids is 1. The van der Waals surface area contributed by atoms with Crippen LogP contribution in [0.2, 0.25) is 0 Å². The van der Waals surface area contributed by atoms with Gasteiger partial charge in [-0.3, -0.25) is 4.79 Å². The van der Waals surface area contributed by atoms with Crippen LogP contribution < -0.4 is 9.80 Å². The molecule has 2 aromatic carbocycles. The predicted octanol–water partition coefficient (Wildman–Crippen LogP) is 6.57. The number of carbonyl (C=O) groups is 1. The van der Waals surface area contributed by atoms with Crippen LogP contribution in [0.5, 0.6) is 0 Å². The molecule has 0 radical (unpaired) electrons. The highest BCUT2D eigenvalue weighted by molar-refractivity contribution is 5.83. The number of rotatable bonds is 7. The van der Waals surface area contributed by atoms with Crippen molar-refractivity contribution in [3.05, 3.63) is 59.7 Å². The van der Waals surface area contributed by atoms with E-state index in [-0.39, 0.29) is 17.6 Å². The molecule has 0 amide bonds. The van der Waals surface area contributed by atoms with Gasteiger partial charge < -0.3 is 9.80 Å². The average molecular weight is 487 g/mol. The Labute approximate surface area is 195 Å². The number of benzene rings is 2. The third-order valence-electron chi connectivity index (χ3n) is 6.22. The summed E-state index contributed by atoms with van der Waals surface area (Å²) in [5.41, 5.74) is 2.39. The lowest BCUT2D eigenvalue weighted by Gasteiger charge is -2.31. The maximum Gasteiger partial charge on any atom is 0.405 e. The number of nitrogens with zero attached hydrogens (tertiary/aromatic N) is 2. The van der Waals surface area contributed by atoms with Crippen molar-refractivity contribution in [2.24, 2.45) is 5.92 Å². The summed E-state index contributed by atoms with van der Waals surface area (Å²) in [6.07, 6.45) is -5.78. The monoisotopic (exact) mass is 486 g/mol. The largest absolute Gasteiger partial charge is 0.405 e. The highest BCUT2D eigenvalue weighted by Gasteiger charge is 2.34. The first-order valence-corrected chi connectivity index (χ1v) is 11.1. The second-order valence-electron chi connectivity index (χ2n) is 8.92. The zero-order chi connectivity index (χ0) is 25.1. The lowest BCUT2D eigenvalue weighted by Crippen LogP contribution is -2.31. The fraction of sp³-hybridized carbons (Fsp3) is 0.480. The molecule has 3 nitrogen and oxygen atoms in total.